The van der Waals surface area contributed by atoms with Gasteiger partial charge in [-0.05, 0) is 30.5 Å². The van der Waals surface area contributed by atoms with E-state index in [0.717, 1.165) is 25.7 Å². The maximum absolute atomic E-state index is 12.5. The summed E-state index contributed by atoms with van der Waals surface area (Å²) >= 11 is 0. The average Bonchev–Trinajstić information content (AvgIpc) is 3.10. The van der Waals surface area contributed by atoms with Crippen molar-refractivity contribution in [3.05, 3.63) is 54.0 Å². The zero-order chi connectivity index (χ0) is 19.0. The average molecular weight is 378 g/mol. The number of sulfone groups is 1. The van der Waals surface area contributed by atoms with Gasteiger partial charge in [-0.25, -0.2) is 8.42 Å². The van der Waals surface area contributed by atoms with Crippen LogP contribution in [0.1, 0.15) is 55.6 Å². The number of carbonyl (C=O) groups is 1. The molecule has 1 aromatic carbocycles. The van der Waals surface area contributed by atoms with Crippen LogP contribution in [-0.4, -0.2) is 20.9 Å². The Kier molecular flexibility index (Phi) is 7.45. The van der Waals surface area contributed by atoms with Crippen LogP contribution in [0.5, 0.6) is 0 Å². The van der Waals surface area contributed by atoms with Gasteiger partial charge in [-0.2, -0.15) is 0 Å². The van der Waals surface area contributed by atoms with E-state index in [9.17, 15) is 13.2 Å². The van der Waals surface area contributed by atoms with Crippen molar-refractivity contribution in [2.45, 2.75) is 50.2 Å². The molecule has 0 aliphatic carbocycles. The number of hydrogen-bond acceptors (Lipinski definition) is 4. The number of rotatable bonds is 10. The Morgan fingerprint density at radius 1 is 1.15 bits per heavy atom. The fraction of sp³-hybridized carbons (Fsp3) is 0.450. The number of carbonyl (C=O) groups excluding carboxylic acids is 1. The lowest BCUT2D eigenvalue weighted by atomic mass is 9.99. The van der Waals surface area contributed by atoms with Gasteiger partial charge in [-0.1, -0.05) is 51.3 Å². The van der Waals surface area contributed by atoms with E-state index in [1.165, 1.54) is 6.26 Å². The molecule has 1 amide bonds. The zero-order valence-electron chi connectivity index (χ0n) is 15.4. The van der Waals surface area contributed by atoms with Gasteiger partial charge < -0.3 is 9.73 Å². The van der Waals surface area contributed by atoms with E-state index in [1.54, 1.807) is 36.4 Å². The van der Waals surface area contributed by atoms with Gasteiger partial charge in [0, 0.05) is 12.1 Å². The van der Waals surface area contributed by atoms with Gasteiger partial charge in [-0.3, -0.25) is 4.79 Å². The van der Waals surface area contributed by atoms with Crippen LogP contribution in [0.15, 0.2) is 52.0 Å². The predicted octanol–water partition coefficient (Wildman–Crippen LogP) is 4.20. The molecule has 0 saturated carbocycles. The molecule has 2 aromatic rings. The lowest BCUT2D eigenvalue weighted by Gasteiger charge is -2.15. The Morgan fingerprint density at radius 2 is 1.88 bits per heavy atom. The molecule has 0 radical (unpaired) electrons. The van der Waals surface area contributed by atoms with E-state index >= 15 is 0 Å². The van der Waals surface area contributed by atoms with Crippen molar-refractivity contribution >= 4 is 15.7 Å². The topological polar surface area (TPSA) is 76.4 Å². The summed E-state index contributed by atoms with van der Waals surface area (Å²) in [6.07, 6.45) is 5.69. The fourth-order valence-corrected chi connectivity index (χ4v) is 4.20. The molecule has 1 heterocycles. The number of amides is 1. The number of hydrogen-bond donors (Lipinski definition) is 1. The van der Waals surface area contributed by atoms with E-state index in [-0.39, 0.29) is 22.3 Å². The second-order valence-corrected chi connectivity index (χ2v) is 8.46. The molecule has 1 unspecified atom stereocenters. The molecular weight excluding hydrogens is 350 g/mol. The molecule has 0 aliphatic rings. The van der Waals surface area contributed by atoms with Gasteiger partial charge in [0.25, 0.3) is 5.91 Å². The van der Waals surface area contributed by atoms with Crippen LogP contribution in [-0.2, 0) is 15.6 Å². The number of furan rings is 1. The molecule has 1 N–H and O–H groups in total. The van der Waals surface area contributed by atoms with E-state index in [4.69, 9.17) is 4.42 Å². The Hall–Kier alpha value is -2.08. The third kappa shape index (κ3) is 5.46. The second-order valence-electron chi connectivity index (χ2n) is 6.47. The standard InChI is InChI=1S/C20H27NO4S/c1-3-5-9-16(4-2)14-21-20(22)19-17(12-13-25-19)15-26(23,24)18-10-7-6-8-11-18/h6-8,10-13,16H,3-5,9,14-15H2,1-2H3,(H,21,22). The lowest BCUT2D eigenvalue weighted by Crippen LogP contribution is -2.29. The molecule has 5 nitrogen and oxygen atoms in total. The summed E-state index contributed by atoms with van der Waals surface area (Å²) < 4.78 is 30.3. The molecule has 1 atom stereocenters. The van der Waals surface area contributed by atoms with E-state index in [0.29, 0.717) is 18.0 Å². The largest absolute Gasteiger partial charge is 0.459 e. The summed E-state index contributed by atoms with van der Waals surface area (Å²) in [5.41, 5.74) is 0.382. The summed E-state index contributed by atoms with van der Waals surface area (Å²) in [6.45, 7) is 4.83. The van der Waals surface area contributed by atoms with Crippen LogP contribution >= 0.6 is 0 Å². The summed E-state index contributed by atoms with van der Waals surface area (Å²) in [6, 6.07) is 9.76. The summed E-state index contributed by atoms with van der Waals surface area (Å²) in [4.78, 5) is 12.7. The molecule has 142 valence electrons. The quantitative estimate of drug-likeness (QED) is 0.673. The Bertz CT molecular complexity index is 796. The minimum Gasteiger partial charge on any atom is -0.459 e. The summed E-state index contributed by atoms with van der Waals surface area (Å²) in [7, 11) is -3.53. The van der Waals surface area contributed by atoms with Crippen LogP contribution in [0.4, 0.5) is 0 Å². The maximum Gasteiger partial charge on any atom is 0.287 e. The molecule has 6 heteroatoms. The van der Waals surface area contributed by atoms with Gasteiger partial charge in [-0.15, -0.1) is 0 Å². The van der Waals surface area contributed by atoms with Crippen molar-refractivity contribution in [3.63, 3.8) is 0 Å². The van der Waals surface area contributed by atoms with Crippen molar-refractivity contribution in [1.82, 2.24) is 5.32 Å². The highest BCUT2D eigenvalue weighted by atomic mass is 32.2. The molecule has 26 heavy (non-hydrogen) atoms. The first-order valence-electron chi connectivity index (χ1n) is 9.10. The van der Waals surface area contributed by atoms with Gasteiger partial charge in [0.1, 0.15) is 0 Å². The molecule has 0 spiro atoms. The first-order chi connectivity index (χ1) is 12.5. The monoisotopic (exact) mass is 377 g/mol. The minimum atomic E-state index is -3.53. The molecular formula is C20H27NO4S. The van der Waals surface area contributed by atoms with Crippen LogP contribution in [0.25, 0.3) is 0 Å². The van der Waals surface area contributed by atoms with Crippen LogP contribution in [0.3, 0.4) is 0 Å². The first-order valence-corrected chi connectivity index (χ1v) is 10.8. The van der Waals surface area contributed by atoms with Crippen LogP contribution in [0, 0.1) is 5.92 Å². The minimum absolute atomic E-state index is 0.0786. The highest BCUT2D eigenvalue weighted by Gasteiger charge is 2.22. The van der Waals surface area contributed by atoms with E-state index in [1.807, 2.05) is 0 Å². The number of unbranched alkanes of at least 4 members (excludes halogenated alkanes) is 1. The SMILES string of the molecule is CCCCC(CC)CNC(=O)c1occc1CS(=O)(=O)c1ccccc1. The van der Waals surface area contributed by atoms with E-state index < -0.39 is 9.84 Å². The highest BCUT2D eigenvalue weighted by Crippen LogP contribution is 2.20. The smallest absolute Gasteiger partial charge is 0.287 e. The summed E-state index contributed by atoms with van der Waals surface area (Å²) in [5.74, 6) is -0.119. The van der Waals surface area contributed by atoms with Crippen molar-refractivity contribution < 1.29 is 17.6 Å². The van der Waals surface area contributed by atoms with Gasteiger partial charge in [0.2, 0.25) is 0 Å². The fourth-order valence-electron chi connectivity index (χ4n) is 2.83. The molecule has 0 bridgehead atoms. The first kappa shape index (κ1) is 20.2. The normalized spacial score (nSPS) is 12.7. The zero-order valence-corrected chi connectivity index (χ0v) is 16.2. The maximum atomic E-state index is 12.5. The Balaban J connectivity index is 2.04. The third-order valence-electron chi connectivity index (χ3n) is 4.50. The van der Waals surface area contributed by atoms with Gasteiger partial charge in [0.05, 0.1) is 16.9 Å². The van der Waals surface area contributed by atoms with Gasteiger partial charge >= 0.3 is 0 Å². The molecule has 2 rings (SSSR count). The number of benzene rings is 1. The Morgan fingerprint density at radius 3 is 2.54 bits per heavy atom. The summed E-state index contributed by atoms with van der Waals surface area (Å²) in [5, 5.41) is 2.88. The predicted molar refractivity (Wildman–Crippen MR) is 102 cm³/mol. The molecule has 0 fully saturated rings. The van der Waals surface area contributed by atoms with Crippen LogP contribution < -0.4 is 5.32 Å². The van der Waals surface area contributed by atoms with Gasteiger partial charge in [0.15, 0.2) is 15.6 Å². The Labute approximate surface area is 155 Å². The van der Waals surface area contributed by atoms with Crippen molar-refractivity contribution in [3.8, 4) is 0 Å². The van der Waals surface area contributed by atoms with Crippen molar-refractivity contribution in [1.29, 1.82) is 0 Å². The lowest BCUT2D eigenvalue weighted by molar-refractivity contribution is 0.0917. The van der Waals surface area contributed by atoms with Crippen molar-refractivity contribution in [2.75, 3.05) is 6.54 Å². The highest BCUT2D eigenvalue weighted by molar-refractivity contribution is 7.90. The molecule has 0 aliphatic heterocycles. The van der Waals surface area contributed by atoms with Crippen LogP contribution in [0.2, 0.25) is 0 Å². The molecule has 0 saturated heterocycles. The third-order valence-corrected chi connectivity index (χ3v) is 6.18. The van der Waals surface area contributed by atoms with E-state index in [2.05, 4.69) is 19.2 Å². The van der Waals surface area contributed by atoms with Crippen molar-refractivity contribution in [2.24, 2.45) is 5.92 Å². The molecule has 1 aromatic heterocycles. The second kappa shape index (κ2) is 9.57. The number of nitrogens with one attached hydrogen (secondary N) is 1.